The van der Waals surface area contributed by atoms with E-state index in [1.54, 1.807) is 13.2 Å². The van der Waals surface area contributed by atoms with Crippen LogP contribution in [-0.2, 0) is 0 Å². The van der Waals surface area contributed by atoms with Gasteiger partial charge in [0, 0.05) is 0 Å². The van der Waals surface area contributed by atoms with Crippen LogP contribution < -0.4 is 4.74 Å². The number of ether oxygens (including phenoxy) is 1. The van der Waals surface area contributed by atoms with Crippen LogP contribution in [-0.4, -0.2) is 18.4 Å². The normalized spacial score (nSPS) is 10.4. The van der Waals surface area contributed by atoms with Crippen LogP contribution in [0.4, 0.5) is 0 Å². The number of aldehydes is 1. The fraction of sp³-hybridized carbons (Fsp3) is 0.100. The van der Waals surface area contributed by atoms with Gasteiger partial charge in [-0.2, -0.15) is 0 Å². The summed E-state index contributed by atoms with van der Waals surface area (Å²) in [6, 6.07) is 5.48. The second kappa shape index (κ2) is 3.35. The van der Waals surface area contributed by atoms with Crippen molar-refractivity contribution in [3.63, 3.8) is 0 Å². The largest absolute Gasteiger partial charge is 0.496 e. The summed E-state index contributed by atoms with van der Waals surface area (Å²) in [6.07, 6.45) is 0.696. The first-order valence-corrected chi connectivity index (χ1v) is 4.45. The molecule has 3 nitrogen and oxygen atoms in total. The zero-order valence-corrected chi connectivity index (χ0v) is 8.26. The van der Waals surface area contributed by atoms with Gasteiger partial charge in [-0.3, -0.25) is 4.79 Å². The third-order valence-electron chi connectivity index (χ3n) is 2.09. The number of fused-ring (bicyclic) bond motifs is 1. The molecule has 0 amide bonds. The molecule has 0 fully saturated rings. The first-order chi connectivity index (χ1) is 6.77. The molecule has 0 aliphatic rings. The van der Waals surface area contributed by atoms with Gasteiger partial charge in [-0.05, 0) is 12.1 Å². The molecule has 1 N–H and O–H groups in total. The number of benzene rings is 1. The molecule has 0 bridgehead atoms. The Bertz CT molecular complexity index is 490. The second-order valence-electron chi connectivity index (χ2n) is 2.85. The van der Waals surface area contributed by atoms with Crippen molar-refractivity contribution in [2.75, 3.05) is 7.11 Å². The molecule has 72 valence electrons. The van der Waals surface area contributed by atoms with Crippen LogP contribution in [0.5, 0.6) is 5.75 Å². The van der Waals surface area contributed by atoms with Gasteiger partial charge < -0.3 is 9.72 Å². The summed E-state index contributed by atoms with van der Waals surface area (Å²) in [5.74, 6) is 0.664. The number of hydrogen-bond donors (Lipinski definition) is 1. The highest BCUT2D eigenvalue weighted by atomic mass is 35.5. The SMILES string of the molecule is COc1cccc2[nH]c(C=O)c(Cl)c12. The molecule has 0 spiro atoms. The van der Waals surface area contributed by atoms with E-state index in [9.17, 15) is 4.79 Å². The van der Waals surface area contributed by atoms with Crippen LogP contribution in [0.2, 0.25) is 5.02 Å². The van der Waals surface area contributed by atoms with E-state index in [1.165, 1.54) is 0 Å². The maximum atomic E-state index is 10.6. The summed E-state index contributed by atoms with van der Waals surface area (Å²) in [4.78, 5) is 13.5. The number of aromatic nitrogens is 1. The Labute approximate surface area is 85.6 Å². The average Bonchev–Trinajstić information content (AvgIpc) is 2.55. The fourth-order valence-electron chi connectivity index (χ4n) is 1.45. The Morgan fingerprint density at radius 2 is 2.29 bits per heavy atom. The van der Waals surface area contributed by atoms with Crippen LogP contribution in [0.25, 0.3) is 10.9 Å². The maximum Gasteiger partial charge on any atom is 0.167 e. The summed E-state index contributed by atoms with van der Waals surface area (Å²) in [7, 11) is 1.57. The molecule has 14 heavy (non-hydrogen) atoms. The highest BCUT2D eigenvalue weighted by Crippen LogP contribution is 2.33. The lowest BCUT2D eigenvalue weighted by molar-refractivity contribution is 0.112. The topological polar surface area (TPSA) is 42.1 Å². The number of nitrogens with one attached hydrogen (secondary N) is 1. The summed E-state index contributed by atoms with van der Waals surface area (Å²) in [5, 5.41) is 1.16. The van der Waals surface area contributed by atoms with Gasteiger partial charge in [0.25, 0.3) is 0 Å². The zero-order chi connectivity index (χ0) is 10.1. The van der Waals surface area contributed by atoms with Gasteiger partial charge in [0.2, 0.25) is 0 Å². The Hall–Kier alpha value is -1.48. The number of methoxy groups -OCH3 is 1. The van der Waals surface area contributed by atoms with Crippen molar-refractivity contribution in [2.45, 2.75) is 0 Å². The molecule has 1 aromatic heterocycles. The van der Waals surface area contributed by atoms with Crippen LogP contribution >= 0.6 is 11.6 Å². The van der Waals surface area contributed by atoms with Gasteiger partial charge in [-0.1, -0.05) is 17.7 Å². The van der Waals surface area contributed by atoms with Gasteiger partial charge in [-0.15, -0.1) is 0 Å². The van der Waals surface area contributed by atoms with Crippen molar-refractivity contribution in [1.29, 1.82) is 0 Å². The summed E-state index contributed by atoms with van der Waals surface area (Å²) >= 11 is 6.00. The fourth-order valence-corrected chi connectivity index (χ4v) is 1.73. The van der Waals surface area contributed by atoms with Gasteiger partial charge in [0.1, 0.15) is 5.75 Å². The third-order valence-corrected chi connectivity index (χ3v) is 2.48. The van der Waals surface area contributed by atoms with Gasteiger partial charge >= 0.3 is 0 Å². The average molecular weight is 210 g/mol. The van der Waals surface area contributed by atoms with E-state index in [4.69, 9.17) is 16.3 Å². The van der Waals surface area contributed by atoms with E-state index in [2.05, 4.69) is 4.98 Å². The van der Waals surface area contributed by atoms with Crippen LogP contribution in [0, 0.1) is 0 Å². The number of rotatable bonds is 2. The Balaban J connectivity index is 2.85. The molecule has 2 rings (SSSR count). The molecule has 2 aromatic rings. The molecule has 0 radical (unpaired) electrons. The van der Waals surface area contributed by atoms with Crippen molar-refractivity contribution in [1.82, 2.24) is 4.98 Å². The van der Waals surface area contributed by atoms with Crippen molar-refractivity contribution in [2.24, 2.45) is 0 Å². The van der Waals surface area contributed by atoms with Gasteiger partial charge in [0.15, 0.2) is 6.29 Å². The molecule has 0 atom stereocenters. The lowest BCUT2D eigenvalue weighted by atomic mass is 10.2. The number of aromatic amines is 1. The maximum absolute atomic E-state index is 10.6. The number of H-pyrrole nitrogens is 1. The Kier molecular flexibility index (Phi) is 2.17. The molecular formula is C10H8ClNO2. The molecule has 1 heterocycles. The van der Waals surface area contributed by atoms with Gasteiger partial charge in [0.05, 0.1) is 28.7 Å². The first-order valence-electron chi connectivity index (χ1n) is 4.07. The van der Waals surface area contributed by atoms with Crippen molar-refractivity contribution in [3.8, 4) is 5.75 Å². The van der Waals surface area contributed by atoms with E-state index in [-0.39, 0.29) is 0 Å². The predicted octanol–water partition coefficient (Wildman–Crippen LogP) is 2.64. The van der Waals surface area contributed by atoms with E-state index in [0.717, 1.165) is 10.9 Å². The first kappa shape index (κ1) is 9.09. The molecule has 0 aliphatic carbocycles. The third kappa shape index (κ3) is 1.17. The van der Waals surface area contributed by atoms with Crippen molar-refractivity contribution >= 4 is 28.8 Å². The van der Waals surface area contributed by atoms with Crippen molar-refractivity contribution < 1.29 is 9.53 Å². The smallest absolute Gasteiger partial charge is 0.167 e. The predicted molar refractivity (Wildman–Crippen MR) is 55.2 cm³/mol. The lowest BCUT2D eigenvalue weighted by Gasteiger charge is -2.00. The number of hydrogen-bond acceptors (Lipinski definition) is 2. The Morgan fingerprint density at radius 1 is 1.50 bits per heavy atom. The van der Waals surface area contributed by atoms with Gasteiger partial charge in [-0.25, -0.2) is 0 Å². The minimum absolute atomic E-state index is 0.381. The number of carbonyl (C=O) groups excluding carboxylic acids is 1. The van der Waals surface area contributed by atoms with E-state index < -0.39 is 0 Å². The quantitative estimate of drug-likeness (QED) is 0.773. The lowest BCUT2D eigenvalue weighted by Crippen LogP contribution is -1.82. The molecule has 0 unspecified atom stereocenters. The highest BCUT2D eigenvalue weighted by Gasteiger charge is 2.12. The highest BCUT2D eigenvalue weighted by molar-refractivity contribution is 6.38. The molecule has 0 aliphatic heterocycles. The number of carbonyl (C=O) groups is 1. The summed E-state index contributed by atoms with van der Waals surface area (Å²) in [6.45, 7) is 0. The minimum Gasteiger partial charge on any atom is -0.496 e. The van der Waals surface area contributed by atoms with E-state index in [0.29, 0.717) is 22.8 Å². The summed E-state index contributed by atoms with van der Waals surface area (Å²) < 4.78 is 5.15. The number of halogens is 1. The Morgan fingerprint density at radius 3 is 2.93 bits per heavy atom. The van der Waals surface area contributed by atoms with Crippen LogP contribution in [0.3, 0.4) is 0 Å². The van der Waals surface area contributed by atoms with E-state index >= 15 is 0 Å². The van der Waals surface area contributed by atoms with Crippen molar-refractivity contribution in [3.05, 3.63) is 28.9 Å². The zero-order valence-electron chi connectivity index (χ0n) is 7.50. The second-order valence-corrected chi connectivity index (χ2v) is 3.23. The monoisotopic (exact) mass is 209 g/mol. The molecule has 0 saturated carbocycles. The molecule has 4 heteroatoms. The van der Waals surface area contributed by atoms with Crippen LogP contribution in [0.15, 0.2) is 18.2 Å². The standard InChI is InChI=1S/C10H8ClNO2/c1-14-8-4-2-3-6-9(8)10(11)7(5-13)12-6/h2-5,12H,1H3. The van der Waals surface area contributed by atoms with E-state index in [1.807, 2.05) is 12.1 Å². The molecule has 0 saturated heterocycles. The van der Waals surface area contributed by atoms with Crippen LogP contribution in [0.1, 0.15) is 10.5 Å². The molecular weight excluding hydrogens is 202 g/mol. The minimum atomic E-state index is 0.381. The summed E-state index contributed by atoms with van der Waals surface area (Å²) in [5.41, 5.74) is 1.18. The molecule has 1 aromatic carbocycles.